The quantitative estimate of drug-likeness (QED) is 0.599. The van der Waals surface area contributed by atoms with Crippen LogP contribution in [0.25, 0.3) is 11.5 Å². The molecule has 0 radical (unpaired) electrons. The molecule has 0 atom stereocenters. The van der Waals surface area contributed by atoms with Crippen molar-refractivity contribution in [3.05, 3.63) is 39.2 Å². The minimum atomic E-state index is 0.468. The normalized spacial score (nSPS) is 8.91. The lowest BCUT2D eigenvalue weighted by Crippen LogP contribution is -1.72. The summed E-state index contributed by atoms with van der Waals surface area (Å²) in [6.45, 7) is 0. The Balaban J connectivity index is 3.14. The zero-order chi connectivity index (χ0) is 8.27. The van der Waals surface area contributed by atoms with Crippen LogP contribution in [0.15, 0.2) is 18.2 Å². The van der Waals surface area contributed by atoms with Gasteiger partial charge in [-0.15, -0.1) is 0 Å². The highest BCUT2D eigenvalue weighted by atomic mass is 35.5. The summed E-state index contributed by atoms with van der Waals surface area (Å²) in [6, 6.07) is 5.04. The average Bonchev–Trinajstić information content (AvgIpc) is 1.98. The highest BCUT2D eigenvalue weighted by Crippen LogP contribution is 2.22. The van der Waals surface area contributed by atoms with E-state index in [1.165, 1.54) is 6.08 Å². The highest BCUT2D eigenvalue weighted by molar-refractivity contribution is 6.42. The first-order valence-electron chi connectivity index (χ1n) is 2.92. The molecule has 0 bridgehead atoms. The van der Waals surface area contributed by atoms with Gasteiger partial charge in [-0.05, 0) is 23.8 Å². The molecule has 0 aliphatic carbocycles. The van der Waals surface area contributed by atoms with Gasteiger partial charge in [-0.1, -0.05) is 29.3 Å². The second kappa shape index (κ2) is 3.59. The molecule has 0 N–H and O–H groups in total. The van der Waals surface area contributed by atoms with E-state index in [1.54, 1.807) is 18.2 Å². The molecule has 56 valence electrons. The topological polar surface area (TPSA) is 22.3 Å². The first-order valence-corrected chi connectivity index (χ1v) is 3.67. The fourth-order valence-electron chi connectivity index (χ4n) is 0.677. The minimum absolute atomic E-state index is 0.468. The first kappa shape index (κ1) is 8.35. The van der Waals surface area contributed by atoms with Gasteiger partial charge in [-0.2, -0.15) is 0 Å². The van der Waals surface area contributed by atoms with Crippen LogP contribution in [0.2, 0.25) is 10.0 Å². The fourth-order valence-corrected chi connectivity index (χ4v) is 0.983. The molecule has 0 fully saturated rings. The van der Waals surface area contributed by atoms with Gasteiger partial charge in [0.05, 0.1) is 10.0 Å². The zero-order valence-electron chi connectivity index (χ0n) is 5.51. The van der Waals surface area contributed by atoms with Gasteiger partial charge in [-0.25, -0.2) is 0 Å². The van der Waals surface area contributed by atoms with Crippen LogP contribution in [-0.4, -0.2) is 5.87 Å². The summed E-state index contributed by atoms with van der Waals surface area (Å²) in [5.74, 6) is 1.90. The number of hydrogen-bond acceptors (Lipinski definition) is 0. The van der Waals surface area contributed by atoms with Crippen LogP contribution >= 0.6 is 23.2 Å². The summed E-state index contributed by atoms with van der Waals surface area (Å²) in [7, 11) is 0. The molecular weight excluding hydrogens is 181 g/mol. The number of nitrogens with zero attached hydrogens (tertiary/aromatic N) is 1. The first-order chi connectivity index (χ1) is 5.24. The van der Waals surface area contributed by atoms with Crippen LogP contribution in [0, 0.1) is 0 Å². The monoisotopic (exact) mass is 184 g/mol. The Bertz CT molecular complexity index is 314. The van der Waals surface area contributed by atoms with Gasteiger partial charge in [-0.3, -0.25) is 5.87 Å². The maximum atomic E-state index is 8.30. The lowest BCUT2D eigenvalue weighted by Gasteiger charge is -1.95. The van der Waals surface area contributed by atoms with Crippen LogP contribution in [-0.2, 0) is 0 Å². The van der Waals surface area contributed by atoms with E-state index in [4.69, 9.17) is 28.6 Å². The van der Waals surface area contributed by atoms with E-state index >= 15 is 0 Å². The number of halogens is 2. The summed E-state index contributed by atoms with van der Waals surface area (Å²) in [5.41, 5.74) is 0.766. The van der Waals surface area contributed by atoms with E-state index in [0.717, 1.165) is 5.56 Å². The Kier molecular flexibility index (Phi) is 2.72. The summed E-state index contributed by atoms with van der Waals surface area (Å²) in [6.07, 6.45) is 1.40. The molecule has 0 aliphatic rings. The third-order valence-electron chi connectivity index (χ3n) is 1.17. The van der Waals surface area contributed by atoms with Crippen molar-refractivity contribution in [2.75, 3.05) is 0 Å². The molecule has 0 heterocycles. The van der Waals surface area contributed by atoms with E-state index in [1.807, 2.05) is 5.87 Å². The van der Waals surface area contributed by atoms with E-state index in [9.17, 15) is 0 Å². The molecular formula is C8H4Cl2N-. The van der Waals surface area contributed by atoms with Crippen LogP contribution in [0.4, 0.5) is 0 Å². The Hall–Kier alpha value is -0.750. The summed E-state index contributed by atoms with van der Waals surface area (Å²) in [5, 5.41) is 9.27. The van der Waals surface area contributed by atoms with E-state index in [-0.39, 0.29) is 0 Å². The van der Waals surface area contributed by atoms with Crippen LogP contribution < -0.4 is 0 Å². The molecule has 0 aliphatic heterocycles. The van der Waals surface area contributed by atoms with Crippen molar-refractivity contribution in [3.8, 4) is 0 Å². The molecule has 0 unspecified atom stereocenters. The molecule has 0 saturated heterocycles. The van der Waals surface area contributed by atoms with Crippen molar-refractivity contribution >= 4 is 35.1 Å². The maximum absolute atomic E-state index is 8.30. The molecule has 1 nitrogen and oxygen atoms in total. The Morgan fingerprint density at radius 3 is 2.55 bits per heavy atom. The molecule has 0 saturated carbocycles. The molecule has 0 aromatic heterocycles. The molecule has 0 amide bonds. The summed E-state index contributed by atoms with van der Waals surface area (Å²) in [4.78, 5) is 0. The van der Waals surface area contributed by atoms with E-state index < -0.39 is 0 Å². The predicted octanol–water partition coefficient (Wildman–Crippen LogP) is 3.25. The molecule has 11 heavy (non-hydrogen) atoms. The molecule has 1 aromatic rings. The Morgan fingerprint density at radius 1 is 1.27 bits per heavy atom. The van der Waals surface area contributed by atoms with Gasteiger partial charge >= 0.3 is 0 Å². The largest absolute Gasteiger partial charge is 0.763 e. The van der Waals surface area contributed by atoms with Gasteiger partial charge in [0.2, 0.25) is 0 Å². The second-order valence-corrected chi connectivity index (χ2v) is 2.76. The molecule has 3 heteroatoms. The van der Waals surface area contributed by atoms with Crippen molar-refractivity contribution in [2.45, 2.75) is 0 Å². The van der Waals surface area contributed by atoms with Crippen LogP contribution in [0.1, 0.15) is 5.56 Å². The maximum Gasteiger partial charge on any atom is 0.0598 e. The molecule has 1 rings (SSSR count). The summed E-state index contributed by atoms with van der Waals surface area (Å²) >= 11 is 11.3. The summed E-state index contributed by atoms with van der Waals surface area (Å²) < 4.78 is 0. The van der Waals surface area contributed by atoms with Crippen molar-refractivity contribution in [1.29, 1.82) is 0 Å². The smallest absolute Gasteiger partial charge is 0.0598 e. The standard InChI is InChI=1S/C8H4Cl2N/c9-7-2-1-6(3-4-11)5-8(7)10/h1-3,5H/q-1. The highest BCUT2D eigenvalue weighted by Gasteiger charge is 1.95. The van der Waals surface area contributed by atoms with Crippen molar-refractivity contribution < 1.29 is 0 Å². The third-order valence-corrected chi connectivity index (χ3v) is 1.91. The predicted molar refractivity (Wildman–Crippen MR) is 49.3 cm³/mol. The Morgan fingerprint density at radius 2 is 2.00 bits per heavy atom. The van der Waals surface area contributed by atoms with Crippen molar-refractivity contribution in [1.82, 2.24) is 0 Å². The number of rotatable bonds is 1. The van der Waals surface area contributed by atoms with Gasteiger partial charge in [0.15, 0.2) is 0 Å². The van der Waals surface area contributed by atoms with Crippen molar-refractivity contribution in [3.63, 3.8) is 0 Å². The number of benzene rings is 1. The SMILES string of the molecule is [N-]=C=Cc1ccc(Cl)c(Cl)c1. The Labute approximate surface area is 74.8 Å². The lowest BCUT2D eigenvalue weighted by molar-refractivity contribution is 1.66. The van der Waals surface area contributed by atoms with E-state index in [2.05, 4.69) is 0 Å². The second-order valence-electron chi connectivity index (χ2n) is 1.95. The van der Waals surface area contributed by atoms with Gasteiger partial charge in [0, 0.05) is 0 Å². The number of hydrogen-bond donors (Lipinski definition) is 0. The minimum Gasteiger partial charge on any atom is -0.763 e. The third kappa shape index (κ3) is 2.09. The van der Waals surface area contributed by atoms with Gasteiger partial charge in [0.25, 0.3) is 0 Å². The van der Waals surface area contributed by atoms with Crippen molar-refractivity contribution in [2.24, 2.45) is 0 Å². The van der Waals surface area contributed by atoms with Gasteiger partial charge < -0.3 is 5.41 Å². The lowest BCUT2D eigenvalue weighted by atomic mass is 10.2. The van der Waals surface area contributed by atoms with E-state index in [0.29, 0.717) is 10.0 Å². The zero-order valence-corrected chi connectivity index (χ0v) is 7.02. The van der Waals surface area contributed by atoms with Gasteiger partial charge in [0.1, 0.15) is 0 Å². The van der Waals surface area contributed by atoms with Crippen LogP contribution in [0.3, 0.4) is 0 Å². The average molecular weight is 185 g/mol. The fraction of sp³-hybridized carbons (Fsp3) is 0. The molecule has 0 spiro atoms. The molecule has 1 aromatic carbocycles. The van der Waals surface area contributed by atoms with Crippen LogP contribution in [0.5, 0.6) is 0 Å².